The third-order valence-electron chi connectivity index (χ3n) is 1.56. The number of nitrogens with zero attached hydrogens (tertiary/aromatic N) is 1. The molecule has 0 unspecified atom stereocenters. The SMILES string of the molecule is CSc1ccc(Br)cc1CN=C=O. The highest BCUT2D eigenvalue weighted by Gasteiger charge is 2.00. The zero-order valence-corrected chi connectivity index (χ0v) is 9.48. The summed E-state index contributed by atoms with van der Waals surface area (Å²) in [6.45, 7) is 0.402. The Balaban J connectivity index is 3.00. The molecule has 0 saturated heterocycles. The van der Waals surface area contributed by atoms with E-state index in [0.29, 0.717) is 6.54 Å². The largest absolute Gasteiger partial charge is 0.235 e. The lowest BCUT2D eigenvalue weighted by Crippen LogP contribution is -1.85. The molecular weight excluding hydrogens is 250 g/mol. The van der Waals surface area contributed by atoms with Gasteiger partial charge in [0.25, 0.3) is 0 Å². The van der Waals surface area contributed by atoms with Gasteiger partial charge in [-0.1, -0.05) is 15.9 Å². The minimum absolute atomic E-state index is 0.402. The van der Waals surface area contributed by atoms with Crippen molar-refractivity contribution in [3.63, 3.8) is 0 Å². The minimum atomic E-state index is 0.402. The topological polar surface area (TPSA) is 29.4 Å². The molecule has 0 N–H and O–H groups in total. The fourth-order valence-corrected chi connectivity index (χ4v) is 1.99. The van der Waals surface area contributed by atoms with Crippen LogP contribution in [0, 0.1) is 0 Å². The summed E-state index contributed by atoms with van der Waals surface area (Å²) in [4.78, 5) is 14.6. The van der Waals surface area contributed by atoms with Crippen LogP contribution in [-0.4, -0.2) is 12.3 Å². The van der Waals surface area contributed by atoms with Crippen LogP contribution in [0.4, 0.5) is 0 Å². The predicted molar refractivity (Wildman–Crippen MR) is 57.7 cm³/mol. The van der Waals surface area contributed by atoms with Gasteiger partial charge in [-0.3, -0.25) is 0 Å². The number of halogens is 1. The van der Waals surface area contributed by atoms with E-state index in [1.807, 2.05) is 24.5 Å². The molecule has 0 fully saturated rings. The average molecular weight is 258 g/mol. The number of hydrogen-bond acceptors (Lipinski definition) is 3. The van der Waals surface area contributed by atoms with E-state index in [4.69, 9.17) is 0 Å². The quantitative estimate of drug-likeness (QED) is 0.474. The van der Waals surface area contributed by atoms with Crippen molar-refractivity contribution in [3.05, 3.63) is 28.2 Å². The molecule has 0 bridgehead atoms. The Labute approximate surface area is 89.6 Å². The molecule has 4 heteroatoms. The lowest BCUT2D eigenvalue weighted by atomic mass is 10.2. The number of hydrogen-bond donors (Lipinski definition) is 0. The Hall–Kier alpha value is -0.570. The Morgan fingerprint density at radius 1 is 1.62 bits per heavy atom. The van der Waals surface area contributed by atoms with Gasteiger partial charge in [0.05, 0.1) is 6.54 Å². The van der Waals surface area contributed by atoms with Gasteiger partial charge in [0.1, 0.15) is 0 Å². The number of aliphatic imine (C=N–C) groups is 1. The first-order chi connectivity index (χ1) is 6.27. The lowest BCUT2D eigenvalue weighted by Gasteiger charge is -2.03. The van der Waals surface area contributed by atoms with Gasteiger partial charge in [0.2, 0.25) is 6.08 Å². The summed E-state index contributed by atoms with van der Waals surface area (Å²) in [5.74, 6) is 0. The van der Waals surface area contributed by atoms with E-state index in [1.54, 1.807) is 11.8 Å². The lowest BCUT2D eigenvalue weighted by molar-refractivity contribution is 0.562. The molecule has 1 aromatic rings. The zero-order chi connectivity index (χ0) is 9.68. The first-order valence-electron chi connectivity index (χ1n) is 3.64. The molecule has 0 radical (unpaired) electrons. The molecule has 0 atom stereocenters. The number of rotatable bonds is 3. The van der Waals surface area contributed by atoms with Crippen LogP contribution in [0.3, 0.4) is 0 Å². The molecule has 1 rings (SSSR count). The second-order valence-corrected chi connectivity index (χ2v) is 4.13. The zero-order valence-electron chi connectivity index (χ0n) is 7.08. The van der Waals surface area contributed by atoms with Gasteiger partial charge < -0.3 is 0 Å². The number of isocyanates is 1. The van der Waals surface area contributed by atoms with Gasteiger partial charge in [-0.2, -0.15) is 0 Å². The van der Waals surface area contributed by atoms with Crippen molar-refractivity contribution in [2.45, 2.75) is 11.4 Å². The molecule has 0 aliphatic rings. The third kappa shape index (κ3) is 2.99. The molecule has 0 heterocycles. The van der Waals surface area contributed by atoms with Crippen LogP contribution in [0.1, 0.15) is 5.56 Å². The molecule has 0 aliphatic heterocycles. The Bertz CT molecular complexity index is 347. The van der Waals surface area contributed by atoms with Crippen LogP contribution >= 0.6 is 27.7 Å². The normalized spacial score (nSPS) is 9.38. The number of benzene rings is 1. The maximum atomic E-state index is 9.95. The predicted octanol–water partition coefficient (Wildman–Crippen LogP) is 3.01. The Kier molecular flexibility index (Phi) is 4.22. The van der Waals surface area contributed by atoms with Crippen molar-refractivity contribution in [3.8, 4) is 0 Å². The monoisotopic (exact) mass is 257 g/mol. The highest BCUT2D eigenvalue weighted by molar-refractivity contribution is 9.10. The second kappa shape index (κ2) is 5.22. The summed E-state index contributed by atoms with van der Waals surface area (Å²) < 4.78 is 1.00. The van der Waals surface area contributed by atoms with Crippen molar-refractivity contribution in [1.29, 1.82) is 0 Å². The molecule has 0 amide bonds. The van der Waals surface area contributed by atoms with E-state index in [0.717, 1.165) is 14.9 Å². The molecule has 1 aromatic carbocycles. The summed E-state index contributed by atoms with van der Waals surface area (Å²) in [6.07, 6.45) is 3.53. The van der Waals surface area contributed by atoms with Gasteiger partial charge in [-0.15, -0.1) is 11.8 Å². The van der Waals surface area contributed by atoms with E-state index in [1.165, 1.54) is 6.08 Å². The fraction of sp³-hybridized carbons (Fsp3) is 0.222. The standard InChI is InChI=1S/C9H8BrNOS/c1-13-9-3-2-8(10)4-7(9)5-11-6-12/h2-4H,5H2,1H3. The van der Waals surface area contributed by atoms with Crippen LogP contribution < -0.4 is 0 Å². The van der Waals surface area contributed by atoms with Crippen LogP contribution in [0.25, 0.3) is 0 Å². The smallest absolute Gasteiger partial charge is 0.211 e. The van der Waals surface area contributed by atoms with Gasteiger partial charge in [-0.05, 0) is 30.0 Å². The highest BCUT2D eigenvalue weighted by atomic mass is 79.9. The molecule has 2 nitrogen and oxygen atoms in total. The maximum absolute atomic E-state index is 9.95. The Morgan fingerprint density at radius 3 is 3.00 bits per heavy atom. The summed E-state index contributed by atoms with van der Waals surface area (Å²) in [6, 6.07) is 5.94. The van der Waals surface area contributed by atoms with Crippen molar-refractivity contribution in [2.24, 2.45) is 4.99 Å². The minimum Gasteiger partial charge on any atom is -0.211 e. The average Bonchev–Trinajstić information content (AvgIpc) is 2.15. The first kappa shape index (κ1) is 10.5. The highest BCUT2D eigenvalue weighted by Crippen LogP contribution is 2.24. The molecular formula is C9H8BrNOS. The van der Waals surface area contributed by atoms with E-state index < -0.39 is 0 Å². The summed E-state index contributed by atoms with van der Waals surface area (Å²) >= 11 is 5.01. The van der Waals surface area contributed by atoms with Crippen LogP contribution in [0.2, 0.25) is 0 Å². The number of thioether (sulfide) groups is 1. The maximum Gasteiger partial charge on any atom is 0.235 e. The molecule has 68 valence electrons. The first-order valence-corrected chi connectivity index (χ1v) is 5.65. The van der Waals surface area contributed by atoms with Gasteiger partial charge in [0.15, 0.2) is 0 Å². The molecule has 0 saturated carbocycles. The molecule has 0 aliphatic carbocycles. The number of carbonyl (C=O) groups excluding carboxylic acids is 1. The van der Waals surface area contributed by atoms with E-state index in [9.17, 15) is 4.79 Å². The molecule has 13 heavy (non-hydrogen) atoms. The van der Waals surface area contributed by atoms with Crippen molar-refractivity contribution in [2.75, 3.05) is 6.26 Å². The van der Waals surface area contributed by atoms with Crippen LogP contribution in [0.5, 0.6) is 0 Å². The summed E-state index contributed by atoms with van der Waals surface area (Å²) in [7, 11) is 0. The van der Waals surface area contributed by atoms with Crippen molar-refractivity contribution >= 4 is 33.8 Å². The van der Waals surface area contributed by atoms with Gasteiger partial charge in [-0.25, -0.2) is 9.79 Å². The second-order valence-electron chi connectivity index (χ2n) is 2.36. The van der Waals surface area contributed by atoms with Crippen molar-refractivity contribution in [1.82, 2.24) is 0 Å². The van der Waals surface area contributed by atoms with Gasteiger partial charge in [0, 0.05) is 9.37 Å². The van der Waals surface area contributed by atoms with E-state index in [-0.39, 0.29) is 0 Å². The van der Waals surface area contributed by atoms with E-state index >= 15 is 0 Å². The van der Waals surface area contributed by atoms with Crippen LogP contribution in [-0.2, 0) is 11.3 Å². The molecule has 0 aromatic heterocycles. The van der Waals surface area contributed by atoms with E-state index in [2.05, 4.69) is 20.9 Å². The Morgan fingerprint density at radius 2 is 2.38 bits per heavy atom. The summed E-state index contributed by atoms with van der Waals surface area (Å²) in [5, 5.41) is 0. The van der Waals surface area contributed by atoms with Crippen molar-refractivity contribution < 1.29 is 4.79 Å². The van der Waals surface area contributed by atoms with Gasteiger partial charge >= 0.3 is 0 Å². The molecule has 0 spiro atoms. The fourth-order valence-electron chi connectivity index (χ4n) is 0.988. The third-order valence-corrected chi connectivity index (χ3v) is 2.89. The summed E-state index contributed by atoms with van der Waals surface area (Å²) in [5.41, 5.74) is 1.05. The van der Waals surface area contributed by atoms with Crippen LogP contribution in [0.15, 0.2) is 32.6 Å².